The fourth-order valence-electron chi connectivity index (χ4n) is 1.03. The van der Waals surface area contributed by atoms with Gasteiger partial charge in [0.05, 0.1) is 4.47 Å². The van der Waals surface area contributed by atoms with Crippen LogP contribution in [0.4, 0.5) is 4.39 Å². The zero-order valence-corrected chi connectivity index (χ0v) is 8.77. The minimum atomic E-state index is -0.260. The smallest absolute Gasteiger partial charge is 0.137 e. The monoisotopic (exact) mass is 243 g/mol. The molecule has 13 heavy (non-hydrogen) atoms. The maximum absolute atomic E-state index is 12.8. The van der Waals surface area contributed by atoms with Crippen LogP contribution in [-0.2, 0) is 0 Å². The van der Waals surface area contributed by atoms with Gasteiger partial charge in [0, 0.05) is 0 Å². The molecule has 2 N–H and O–H groups in total. The summed E-state index contributed by atoms with van der Waals surface area (Å²) < 4.78 is 13.3. The van der Waals surface area contributed by atoms with E-state index in [2.05, 4.69) is 22.5 Å². The molecule has 0 amide bonds. The molecule has 0 aromatic heterocycles. The van der Waals surface area contributed by atoms with Crippen molar-refractivity contribution in [2.24, 2.45) is 5.73 Å². The molecule has 0 saturated heterocycles. The standard InChI is InChI=1S/C10H11BrFN/c1-7(4-5-13)8-2-3-10(12)9(11)6-8/h2-3,6H,1,4-5,13H2. The van der Waals surface area contributed by atoms with E-state index in [4.69, 9.17) is 5.73 Å². The van der Waals surface area contributed by atoms with Crippen molar-refractivity contribution >= 4 is 21.5 Å². The molecular weight excluding hydrogens is 233 g/mol. The third-order valence-electron chi connectivity index (χ3n) is 1.77. The zero-order valence-electron chi connectivity index (χ0n) is 7.19. The average Bonchev–Trinajstić information content (AvgIpc) is 2.10. The maximum Gasteiger partial charge on any atom is 0.137 e. The lowest BCUT2D eigenvalue weighted by Gasteiger charge is -2.04. The Bertz CT molecular complexity index is 323. The van der Waals surface area contributed by atoms with Crippen molar-refractivity contribution in [3.63, 3.8) is 0 Å². The second-order valence-corrected chi connectivity index (χ2v) is 3.63. The van der Waals surface area contributed by atoms with Crippen LogP contribution in [0.15, 0.2) is 29.3 Å². The first-order valence-electron chi connectivity index (χ1n) is 3.98. The van der Waals surface area contributed by atoms with Crippen molar-refractivity contribution in [1.29, 1.82) is 0 Å². The Balaban J connectivity index is 2.90. The number of rotatable bonds is 3. The van der Waals surface area contributed by atoms with Crippen molar-refractivity contribution in [3.05, 3.63) is 40.6 Å². The van der Waals surface area contributed by atoms with Gasteiger partial charge in [-0.25, -0.2) is 4.39 Å². The van der Waals surface area contributed by atoms with Crippen molar-refractivity contribution in [2.45, 2.75) is 6.42 Å². The van der Waals surface area contributed by atoms with Gasteiger partial charge in [0.15, 0.2) is 0 Å². The molecule has 1 aromatic carbocycles. The lowest BCUT2D eigenvalue weighted by atomic mass is 10.1. The number of benzene rings is 1. The van der Waals surface area contributed by atoms with Crippen LogP contribution in [-0.4, -0.2) is 6.54 Å². The third-order valence-corrected chi connectivity index (χ3v) is 2.38. The molecule has 3 heteroatoms. The molecule has 0 spiro atoms. The summed E-state index contributed by atoms with van der Waals surface area (Å²) in [6, 6.07) is 4.84. The second-order valence-electron chi connectivity index (χ2n) is 2.77. The highest BCUT2D eigenvalue weighted by Gasteiger charge is 2.02. The summed E-state index contributed by atoms with van der Waals surface area (Å²) in [6.07, 6.45) is 0.734. The minimum absolute atomic E-state index is 0.260. The molecule has 70 valence electrons. The first kappa shape index (κ1) is 10.4. The van der Waals surface area contributed by atoms with Crippen LogP contribution in [0.3, 0.4) is 0 Å². The van der Waals surface area contributed by atoms with Gasteiger partial charge in [-0.3, -0.25) is 0 Å². The van der Waals surface area contributed by atoms with Crippen LogP contribution in [0.25, 0.3) is 5.57 Å². The Labute approximate surface area is 85.6 Å². The summed E-state index contributed by atoms with van der Waals surface area (Å²) in [4.78, 5) is 0. The fourth-order valence-corrected chi connectivity index (χ4v) is 1.41. The first-order valence-corrected chi connectivity index (χ1v) is 4.77. The van der Waals surface area contributed by atoms with Crippen LogP contribution >= 0.6 is 15.9 Å². The summed E-state index contributed by atoms with van der Waals surface area (Å²) in [5.74, 6) is -0.260. The molecule has 1 nitrogen and oxygen atoms in total. The second kappa shape index (κ2) is 4.53. The molecule has 0 atom stereocenters. The molecule has 0 bridgehead atoms. The van der Waals surface area contributed by atoms with Gasteiger partial charge in [0.2, 0.25) is 0 Å². The lowest BCUT2D eigenvalue weighted by molar-refractivity contribution is 0.621. The molecule has 0 saturated carbocycles. The van der Waals surface area contributed by atoms with Gasteiger partial charge in [0.25, 0.3) is 0 Å². The van der Waals surface area contributed by atoms with E-state index in [9.17, 15) is 4.39 Å². The van der Waals surface area contributed by atoms with Crippen LogP contribution in [0.5, 0.6) is 0 Å². The molecule has 0 aliphatic rings. The van der Waals surface area contributed by atoms with Gasteiger partial charge in [-0.1, -0.05) is 12.6 Å². The topological polar surface area (TPSA) is 26.0 Å². The minimum Gasteiger partial charge on any atom is -0.330 e. The SMILES string of the molecule is C=C(CCN)c1ccc(F)c(Br)c1. The van der Waals surface area contributed by atoms with Gasteiger partial charge in [0.1, 0.15) is 5.82 Å². The number of halogens is 2. The third kappa shape index (κ3) is 2.64. The Morgan fingerprint density at radius 2 is 2.23 bits per heavy atom. The van der Waals surface area contributed by atoms with Gasteiger partial charge in [-0.2, -0.15) is 0 Å². The van der Waals surface area contributed by atoms with E-state index < -0.39 is 0 Å². The van der Waals surface area contributed by atoms with Crippen LogP contribution in [0.1, 0.15) is 12.0 Å². The summed E-state index contributed by atoms with van der Waals surface area (Å²) in [6.45, 7) is 4.43. The molecule has 0 fully saturated rings. The van der Waals surface area contributed by atoms with Crippen molar-refractivity contribution in [2.75, 3.05) is 6.54 Å². The lowest BCUT2D eigenvalue weighted by Crippen LogP contribution is -1.99. The van der Waals surface area contributed by atoms with E-state index in [0.29, 0.717) is 11.0 Å². The molecule has 0 radical (unpaired) electrons. The molecular formula is C10H11BrFN. The van der Waals surface area contributed by atoms with Gasteiger partial charge in [-0.05, 0) is 52.2 Å². The number of hydrogen-bond donors (Lipinski definition) is 1. The summed E-state index contributed by atoms with van der Waals surface area (Å²) >= 11 is 3.12. The van der Waals surface area contributed by atoms with E-state index in [0.717, 1.165) is 17.6 Å². The molecule has 1 rings (SSSR count). The molecule has 0 heterocycles. The van der Waals surface area contributed by atoms with E-state index in [-0.39, 0.29) is 5.82 Å². The van der Waals surface area contributed by atoms with E-state index >= 15 is 0 Å². The summed E-state index contributed by atoms with van der Waals surface area (Å²) in [7, 11) is 0. The Hall–Kier alpha value is -0.670. The average molecular weight is 244 g/mol. The highest BCUT2D eigenvalue weighted by molar-refractivity contribution is 9.10. The predicted molar refractivity (Wildman–Crippen MR) is 56.8 cm³/mol. The summed E-state index contributed by atoms with van der Waals surface area (Å²) in [5, 5.41) is 0. The Morgan fingerprint density at radius 3 is 2.77 bits per heavy atom. The molecule has 0 unspecified atom stereocenters. The number of hydrogen-bond acceptors (Lipinski definition) is 1. The molecule has 0 aliphatic carbocycles. The van der Waals surface area contributed by atoms with Gasteiger partial charge in [-0.15, -0.1) is 0 Å². The van der Waals surface area contributed by atoms with Crippen molar-refractivity contribution < 1.29 is 4.39 Å². The highest BCUT2D eigenvalue weighted by atomic mass is 79.9. The van der Waals surface area contributed by atoms with Crippen LogP contribution < -0.4 is 5.73 Å². The van der Waals surface area contributed by atoms with E-state index in [1.165, 1.54) is 6.07 Å². The van der Waals surface area contributed by atoms with Crippen molar-refractivity contribution in [3.8, 4) is 0 Å². The van der Waals surface area contributed by atoms with Gasteiger partial charge < -0.3 is 5.73 Å². The number of nitrogens with two attached hydrogens (primary N) is 1. The quantitative estimate of drug-likeness (QED) is 0.869. The Kier molecular flexibility index (Phi) is 3.63. The molecule has 1 aromatic rings. The largest absolute Gasteiger partial charge is 0.330 e. The fraction of sp³-hybridized carbons (Fsp3) is 0.200. The zero-order chi connectivity index (χ0) is 9.84. The Morgan fingerprint density at radius 1 is 1.54 bits per heavy atom. The van der Waals surface area contributed by atoms with Crippen LogP contribution in [0.2, 0.25) is 0 Å². The van der Waals surface area contributed by atoms with Crippen molar-refractivity contribution in [1.82, 2.24) is 0 Å². The maximum atomic E-state index is 12.8. The normalized spacial score (nSPS) is 10.1. The predicted octanol–water partition coefficient (Wildman–Crippen LogP) is 2.95. The molecule has 0 aliphatic heterocycles. The highest BCUT2D eigenvalue weighted by Crippen LogP contribution is 2.22. The van der Waals surface area contributed by atoms with Gasteiger partial charge >= 0.3 is 0 Å². The van der Waals surface area contributed by atoms with E-state index in [1.807, 2.05) is 0 Å². The summed E-state index contributed by atoms with van der Waals surface area (Å²) in [5.41, 5.74) is 7.25. The van der Waals surface area contributed by atoms with Crippen LogP contribution in [0, 0.1) is 5.82 Å². The van der Waals surface area contributed by atoms with E-state index in [1.54, 1.807) is 12.1 Å². The first-order chi connectivity index (χ1) is 6.15.